The van der Waals surface area contributed by atoms with Crippen molar-refractivity contribution < 1.29 is 9.59 Å². The van der Waals surface area contributed by atoms with Gasteiger partial charge in [0.2, 0.25) is 5.91 Å². The Morgan fingerprint density at radius 2 is 1.63 bits per heavy atom. The second-order valence-electron chi connectivity index (χ2n) is 6.28. The van der Waals surface area contributed by atoms with Crippen LogP contribution in [0.5, 0.6) is 0 Å². The van der Waals surface area contributed by atoms with Gasteiger partial charge in [-0.3, -0.25) is 9.59 Å². The molecule has 0 fully saturated rings. The Morgan fingerprint density at radius 1 is 0.963 bits per heavy atom. The molecule has 0 aliphatic carbocycles. The normalized spacial score (nSPS) is 10.4. The number of rotatable bonds is 6. The van der Waals surface area contributed by atoms with Crippen LogP contribution in [0.3, 0.4) is 0 Å². The summed E-state index contributed by atoms with van der Waals surface area (Å²) >= 11 is 0. The number of amides is 2. The summed E-state index contributed by atoms with van der Waals surface area (Å²) in [5, 5.41) is 10.1. The Bertz CT molecular complexity index is 931. The van der Waals surface area contributed by atoms with Gasteiger partial charge in [-0.25, -0.2) is 4.68 Å². The zero-order chi connectivity index (χ0) is 19.2. The van der Waals surface area contributed by atoms with Gasteiger partial charge in [-0.2, -0.15) is 5.10 Å². The second-order valence-corrected chi connectivity index (χ2v) is 6.28. The molecule has 2 N–H and O–H groups in total. The van der Waals surface area contributed by atoms with Crippen molar-refractivity contribution in [2.24, 2.45) is 0 Å². The predicted molar refractivity (Wildman–Crippen MR) is 105 cm³/mol. The molecule has 6 nitrogen and oxygen atoms in total. The topological polar surface area (TPSA) is 76.0 Å². The Morgan fingerprint density at radius 3 is 2.30 bits per heavy atom. The molecule has 2 aromatic carbocycles. The number of nitrogens with zero attached hydrogens (tertiary/aromatic N) is 2. The lowest BCUT2D eigenvalue weighted by Gasteiger charge is -2.05. The lowest BCUT2D eigenvalue weighted by atomic mass is 10.1. The van der Waals surface area contributed by atoms with Crippen LogP contribution >= 0.6 is 0 Å². The number of hydrogen-bond donors (Lipinski definition) is 2. The lowest BCUT2D eigenvalue weighted by Crippen LogP contribution is -2.33. The minimum absolute atomic E-state index is 0.124. The lowest BCUT2D eigenvalue weighted by molar-refractivity contribution is -0.118. The van der Waals surface area contributed by atoms with Crippen molar-refractivity contribution in [3.05, 3.63) is 71.9 Å². The molecule has 6 heteroatoms. The van der Waals surface area contributed by atoms with Crippen molar-refractivity contribution in [3.63, 3.8) is 0 Å². The van der Waals surface area contributed by atoms with Crippen molar-refractivity contribution in [1.29, 1.82) is 0 Å². The van der Waals surface area contributed by atoms with Crippen LogP contribution in [0, 0.1) is 6.92 Å². The minimum atomic E-state index is -0.224. The number of carbonyl (C=O) groups excluding carboxylic acids is 2. The highest BCUT2D eigenvalue weighted by Gasteiger charge is 2.18. The largest absolute Gasteiger partial charge is 0.355 e. The quantitative estimate of drug-likeness (QED) is 0.662. The van der Waals surface area contributed by atoms with E-state index in [4.69, 9.17) is 0 Å². The van der Waals surface area contributed by atoms with Gasteiger partial charge in [0.25, 0.3) is 5.91 Å². The van der Waals surface area contributed by atoms with Crippen molar-refractivity contribution >= 4 is 11.8 Å². The highest BCUT2D eigenvalue weighted by molar-refractivity contribution is 5.99. The van der Waals surface area contributed by atoms with Gasteiger partial charge in [-0.05, 0) is 19.1 Å². The fourth-order valence-corrected chi connectivity index (χ4v) is 2.69. The van der Waals surface area contributed by atoms with Crippen LogP contribution in [0.25, 0.3) is 16.9 Å². The molecular formula is C21H22N4O2. The fourth-order valence-electron chi connectivity index (χ4n) is 2.69. The highest BCUT2D eigenvalue weighted by atomic mass is 16.2. The van der Waals surface area contributed by atoms with E-state index in [0.717, 1.165) is 16.8 Å². The zero-order valence-electron chi connectivity index (χ0n) is 15.4. The van der Waals surface area contributed by atoms with Crippen molar-refractivity contribution in [3.8, 4) is 16.9 Å². The molecule has 0 atom stereocenters. The number of aromatic nitrogens is 2. The Hall–Kier alpha value is -3.41. The molecule has 0 bridgehead atoms. The zero-order valence-corrected chi connectivity index (χ0v) is 15.4. The first-order valence-electron chi connectivity index (χ1n) is 8.79. The molecule has 0 saturated heterocycles. The molecule has 27 heavy (non-hydrogen) atoms. The third-order valence-corrected chi connectivity index (χ3v) is 4.09. The van der Waals surface area contributed by atoms with E-state index in [9.17, 15) is 9.59 Å². The van der Waals surface area contributed by atoms with Gasteiger partial charge in [0.15, 0.2) is 0 Å². The highest BCUT2D eigenvalue weighted by Crippen LogP contribution is 2.23. The number of hydrogen-bond acceptors (Lipinski definition) is 3. The Balaban J connectivity index is 1.89. The van der Waals surface area contributed by atoms with Gasteiger partial charge in [-0.15, -0.1) is 0 Å². The van der Waals surface area contributed by atoms with E-state index >= 15 is 0 Å². The summed E-state index contributed by atoms with van der Waals surface area (Å²) < 4.78 is 1.71. The molecule has 1 heterocycles. The molecule has 0 saturated carbocycles. The third-order valence-electron chi connectivity index (χ3n) is 4.09. The van der Waals surface area contributed by atoms with Gasteiger partial charge < -0.3 is 10.6 Å². The smallest absolute Gasteiger partial charge is 0.255 e. The average Bonchev–Trinajstić information content (AvgIpc) is 3.12. The number of benzene rings is 2. The van der Waals surface area contributed by atoms with Crippen LogP contribution < -0.4 is 10.6 Å². The summed E-state index contributed by atoms with van der Waals surface area (Å²) in [6.07, 6.45) is 1.74. The van der Waals surface area contributed by atoms with Gasteiger partial charge in [0.05, 0.1) is 11.3 Å². The van der Waals surface area contributed by atoms with E-state index in [2.05, 4.69) is 15.7 Å². The maximum atomic E-state index is 12.7. The van der Waals surface area contributed by atoms with Gasteiger partial charge >= 0.3 is 0 Å². The van der Waals surface area contributed by atoms with Crippen LogP contribution in [-0.2, 0) is 4.79 Å². The molecule has 138 valence electrons. The van der Waals surface area contributed by atoms with E-state index in [1.54, 1.807) is 10.9 Å². The van der Waals surface area contributed by atoms with Crippen LogP contribution in [0.2, 0.25) is 0 Å². The first kappa shape index (κ1) is 18.4. The fraction of sp³-hybridized carbons (Fsp3) is 0.190. The monoisotopic (exact) mass is 362 g/mol. The van der Waals surface area contributed by atoms with Crippen LogP contribution in [-0.4, -0.2) is 34.7 Å². The number of nitrogens with one attached hydrogen (secondary N) is 2. The second kappa shape index (κ2) is 8.31. The molecule has 0 aliphatic rings. The summed E-state index contributed by atoms with van der Waals surface area (Å²) in [7, 11) is 0. The van der Waals surface area contributed by atoms with Crippen LogP contribution in [0.4, 0.5) is 0 Å². The first-order valence-corrected chi connectivity index (χ1v) is 8.79. The van der Waals surface area contributed by atoms with Gasteiger partial charge in [0, 0.05) is 31.8 Å². The Kier molecular flexibility index (Phi) is 5.66. The predicted octanol–water partition coefficient (Wildman–Crippen LogP) is 2.71. The Labute approximate surface area is 158 Å². The van der Waals surface area contributed by atoms with Crippen molar-refractivity contribution in [2.45, 2.75) is 13.8 Å². The molecular weight excluding hydrogens is 340 g/mol. The molecule has 2 amide bonds. The molecule has 1 aromatic heterocycles. The summed E-state index contributed by atoms with van der Waals surface area (Å²) in [6, 6.07) is 17.6. The molecule has 3 rings (SSSR count). The molecule has 0 aliphatic heterocycles. The first-order chi connectivity index (χ1) is 13.0. The summed E-state index contributed by atoms with van der Waals surface area (Å²) in [4.78, 5) is 23.6. The SMILES string of the molecule is CC(=O)NCCNC(=O)c1cn(-c2ccc(C)cc2)nc1-c1ccccc1. The standard InChI is InChI=1S/C21H22N4O2/c1-15-8-10-18(11-9-15)25-14-19(21(27)23-13-12-22-16(2)26)20(24-25)17-6-4-3-5-7-17/h3-11,14H,12-13H2,1-2H3,(H,22,26)(H,23,27). The molecule has 0 spiro atoms. The summed E-state index contributed by atoms with van der Waals surface area (Å²) in [5.41, 5.74) is 4.02. The minimum Gasteiger partial charge on any atom is -0.355 e. The summed E-state index contributed by atoms with van der Waals surface area (Å²) in [6.45, 7) is 4.20. The number of aryl methyl sites for hydroxylation is 1. The van der Waals surface area contributed by atoms with Gasteiger partial charge in [0.1, 0.15) is 5.69 Å². The van der Waals surface area contributed by atoms with E-state index in [1.807, 2.05) is 61.5 Å². The van der Waals surface area contributed by atoms with E-state index in [-0.39, 0.29) is 11.8 Å². The van der Waals surface area contributed by atoms with E-state index in [1.165, 1.54) is 6.92 Å². The molecule has 3 aromatic rings. The third kappa shape index (κ3) is 4.61. The van der Waals surface area contributed by atoms with E-state index < -0.39 is 0 Å². The van der Waals surface area contributed by atoms with Crippen molar-refractivity contribution in [1.82, 2.24) is 20.4 Å². The number of carbonyl (C=O) groups is 2. The van der Waals surface area contributed by atoms with E-state index in [0.29, 0.717) is 24.3 Å². The maximum Gasteiger partial charge on any atom is 0.255 e. The maximum absolute atomic E-state index is 12.7. The molecule has 0 unspecified atom stereocenters. The van der Waals surface area contributed by atoms with Crippen molar-refractivity contribution in [2.75, 3.05) is 13.1 Å². The molecule has 0 radical (unpaired) electrons. The van der Waals surface area contributed by atoms with Crippen LogP contribution in [0.15, 0.2) is 60.8 Å². The average molecular weight is 362 g/mol. The van der Waals surface area contributed by atoms with Gasteiger partial charge in [-0.1, -0.05) is 48.0 Å². The van der Waals surface area contributed by atoms with Crippen LogP contribution in [0.1, 0.15) is 22.8 Å². The summed E-state index contributed by atoms with van der Waals surface area (Å²) in [5.74, 6) is -0.348.